The molecule has 1 saturated heterocycles. The van der Waals surface area contributed by atoms with E-state index in [-0.39, 0.29) is 18.4 Å². The summed E-state index contributed by atoms with van der Waals surface area (Å²) < 4.78 is 18.9. The topological polar surface area (TPSA) is 54.5 Å². The van der Waals surface area contributed by atoms with E-state index in [9.17, 15) is 4.79 Å². The third-order valence-corrected chi connectivity index (χ3v) is 8.58. The molecule has 1 fully saturated rings. The van der Waals surface area contributed by atoms with Crippen molar-refractivity contribution in [1.29, 1.82) is 0 Å². The fourth-order valence-corrected chi connectivity index (χ4v) is 5.74. The fraction of sp³-hybridized carbons (Fsp3) is 0.469. The molecule has 4 rings (SSSR count). The Hall–Kier alpha value is -2.24. The maximum Gasteiger partial charge on any atom is 0.329 e. The first kappa shape index (κ1) is 30.7. The molecule has 1 atom stereocenters. The molecule has 40 heavy (non-hydrogen) atoms. The minimum atomic E-state index is -0.373. The number of carbonyl (C=O) groups excluding carboxylic acids is 1. The Morgan fingerprint density at radius 3 is 2.35 bits per heavy atom. The average molecular weight is 660 g/mol. The van der Waals surface area contributed by atoms with Gasteiger partial charge in [-0.3, -0.25) is 8.01 Å². The summed E-state index contributed by atoms with van der Waals surface area (Å²) in [4.78, 5) is 18.4. The van der Waals surface area contributed by atoms with E-state index >= 15 is 0 Å². The number of hydrogen-bond acceptors (Lipinski definition) is 5. The van der Waals surface area contributed by atoms with Gasteiger partial charge in [-0.15, -0.1) is 0 Å². The van der Waals surface area contributed by atoms with Crippen LogP contribution >= 0.6 is 22.9 Å². The van der Waals surface area contributed by atoms with Crippen molar-refractivity contribution in [2.45, 2.75) is 46.1 Å². The smallest absolute Gasteiger partial charge is 0.329 e. The largest absolute Gasteiger partial charge is 0.379 e. The molecule has 0 saturated carbocycles. The molecular formula is C32H42IN3O4. The molecule has 0 radical (unpaired) electrons. The van der Waals surface area contributed by atoms with Gasteiger partial charge in [0.25, 0.3) is 0 Å². The molecule has 7 nitrogen and oxygen atoms in total. The van der Waals surface area contributed by atoms with E-state index in [1.54, 1.807) is 0 Å². The molecule has 1 heterocycles. The van der Waals surface area contributed by atoms with Gasteiger partial charge in [0, 0.05) is 51.5 Å². The minimum absolute atomic E-state index is 0.0218. The lowest BCUT2D eigenvalue weighted by Gasteiger charge is -2.32. The first-order chi connectivity index (χ1) is 19.5. The van der Waals surface area contributed by atoms with E-state index < -0.39 is 0 Å². The van der Waals surface area contributed by atoms with Gasteiger partial charge in [0.1, 0.15) is 0 Å². The van der Waals surface area contributed by atoms with E-state index in [2.05, 4.69) is 89.3 Å². The number of morpholine rings is 1. The van der Waals surface area contributed by atoms with E-state index in [1.165, 1.54) is 10.8 Å². The van der Waals surface area contributed by atoms with Gasteiger partial charge in [-0.1, -0.05) is 66.7 Å². The number of carbonyl (C=O) groups is 1. The van der Waals surface area contributed by atoms with Crippen LogP contribution in [0.25, 0.3) is 10.8 Å². The standard InChI is InChI=1S/C32H42IN3O4/c1-4-39-31(40-5-2)28-16-14-26(15-17-28)24-35(19-9-18-34-20-22-38-23-21-34)32(37)36(33)25(3)29-13-8-11-27-10-6-7-12-30(27)29/h6-8,10-17,25,31H,4-5,9,18-24H2,1-3H3. The maximum atomic E-state index is 14.0. The van der Waals surface area contributed by atoms with Gasteiger partial charge in [-0.05, 0) is 49.1 Å². The summed E-state index contributed by atoms with van der Waals surface area (Å²) in [5, 5.41) is 2.36. The molecule has 3 aromatic rings. The molecule has 8 heteroatoms. The highest BCUT2D eigenvalue weighted by Gasteiger charge is 2.26. The number of ether oxygens (including phenoxy) is 3. The number of hydrogen-bond donors (Lipinski definition) is 0. The molecular weight excluding hydrogens is 617 g/mol. The van der Waals surface area contributed by atoms with E-state index in [0.717, 1.165) is 56.0 Å². The molecule has 2 amide bonds. The van der Waals surface area contributed by atoms with Gasteiger partial charge in [-0.2, -0.15) is 0 Å². The van der Waals surface area contributed by atoms with Crippen molar-refractivity contribution in [3.8, 4) is 0 Å². The first-order valence-corrected chi connectivity index (χ1v) is 15.3. The van der Waals surface area contributed by atoms with Crippen LogP contribution in [0, 0.1) is 0 Å². The van der Waals surface area contributed by atoms with Gasteiger partial charge < -0.3 is 19.1 Å². The van der Waals surface area contributed by atoms with E-state index in [1.807, 2.05) is 34.0 Å². The van der Waals surface area contributed by atoms with Crippen LogP contribution in [-0.4, -0.2) is 71.6 Å². The molecule has 3 aromatic carbocycles. The summed E-state index contributed by atoms with van der Waals surface area (Å²) in [6.07, 6.45) is 0.537. The summed E-state index contributed by atoms with van der Waals surface area (Å²) in [5.74, 6) is 0. The third-order valence-electron chi connectivity index (χ3n) is 7.33. The minimum Gasteiger partial charge on any atom is -0.379 e. The second-order valence-electron chi connectivity index (χ2n) is 10.1. The fourth-order valence-electron chi connectivity index (χ4n) is 5.13. The van der Waals surface area contributed by atoms with Crippen LogP contribution in [0.2, 0.25) is 0 Å². The summed E-state index contributed by atoms with van der Waals surface area (Å²) in [5.41, 5.74) is 3.21. The summed E-state index contributed by atoms with van der Waals surface area (Å²) in [6, 6.07) is 22.9. The number of halogens is 1. The first-order valence-electron chi connectivity index (χ1n) is 14.4. The zero-order valence-corrected chi connectivity index (χ0v) is 26.1. The second-order valence-corrected chi connectivity index (χ2v) is 11.1. The van der Waals surface area contributed by atoms with Crippen molar-refractivity contribution in [3.05, 3.63) is 83.4 Å². The Bertz CT molecular complexity index is 1190. The molecule has 0 spiro atoms. The van der Waals surface area contributed by atoms with Crippen LogP contribution in [-0.2, 0) is 20.8 Å². The monoisotopic (exact) mass is 659 g/mol. The van der Waals surface area contributed by atoms with Crippen LogP contribution < -0.4 is 0 Å². The number of benzene rings is 3. The summed E-state index contributed by atoms with van der Waals surface area (Å²) in [7, 11) is 0. The van der Waals surface area contributed by atoms with Gasteiger partial charge in [0.05, 0.1) is 42.1 Å². The SMILES string of the molecule is CCOC(OCC)c1ccc(CN(CCCN2CCOCC2)C(=O)N(I)C(C)c2cccc3ccccc23)cc1. The van der Waals surface area contributed by atoms with Crippen molar-refractivity contribution in [2.24, 2.45) is 0 Å². The number of nitrogens with zero attached hydrogens (tertiary/aromatic N) is 3. The van der Waals surface area contributed by atoms with Gasteiger partial charge in [0.2, 0.25) is 0 Å². The third kappa shape index (κ3) is 8.16. The zero-order chi connectivity index (χ0) is 28.3. The van der Waals surface area contributed by atoms with E-state index in [4.69, 9.17) is 14.2 Å². The van der Waals surface area contributed by atoms with Crippen LogP contribution in [0.5, 0.6) is 0 Å². The lowest BCUT2D eigenvalue weighted by Crippen LogP contribution is -2.42. The second kappa shape index (κ2) is 15.7. The lowest BCUT2D eigenvalue weighted by molar-refractivity contribution is -0.140. The predicted molar refractivity (Wildman–Crippen MR) is 168 cm³/mol. The Balaban J connectivity index is 1.50. The van der Waals surface area contributed by atoms with Crippen LogP contribution in [0.1, 0.15) is 56.2 Å². The summed E-state index contributed by atoms with van der Waals surface area (Å²) >= 11 is 2.20. The highest BCUT2D eigenvalue weighted by atomic mass is 127. The number of fused-ring (bicyclic) bond motifs is 1. The quantitative estimate of drug-likeness (QED) is 0.113. The number of amides is 2. The van der Waals surface area contributed by atoms with Gasteiger partial charge in [0.15, 0.2) is 6.29 Å². The predicted octanol–water partition coefficient (Wildman–Crippen LogP) is 6.97. The van der Waals surface area contributed by atoms with Crippen molar-refractivity contribution >= 4 is 39.7 Å². The molecule has 0 N–H and O–H groups in total. The highest BCUT2D eigenvalue weighted by Crippen LogP contribution is 2.31. The van der Waals surface area contributed by atoms with Crippen LogP contribution in [0.3, 0.4) is 0 Å². The van der Waals surface area contributed by atoms with Gasteiger partial charge in [-0.25, -0.2) is 4.79 Å². The molecule has 0 aromatic heterocycles. The van der Waals surface area contributed by atoms with Crippen molar-refractivity contribution in [1.82, 2.24) is 12.9 Å². The Morgan fingerprint density at radius 2 is 1.65 bits per heavy atom. The average Bonchev–Trinajstić information content (AvgIpc) is 3.00. The lowest BCUT2D eigenvalue weighted by atomic mass is 10.00. The Labute approximate surface area is 252 Å². The van der Waals surface area contributed by atoms with Gasteiger partial charge >= 0.3 is 6.03 Å². The zero-order valence-electron chi connectivity index (χ0n) is 23.9. The van der Waals surface area contributed by atoms with Crippen molar-refractivity contribution < 1.29 is 19.0 Å². The molecule has 0 aliphatic carbocycles. The van der Waals surface area contributed by atoms with Crippen LogP contribution in [0.15, 0.2) is 66.7 Å². The van der Waals surface area contributed by atoms with Crippen molar-refractivity contribution in [2.75, 3.05) is 52.6 Å². The normalized spacial score (nSPS) is 14.9. The summed E-state index contributed by atoms with van der Waals surface area (Å²) in [6.45, 7) is 12.8. The Morgan fingerprint density at radius 1 is 0.975 bits per heavy atom. The van der Waals surface area contributed by atoms with Crippen LogP contribution in [0.4, 0.5) is 4.79 Å². The molecule has 1 unspecified atom stereocenters. The molecule has 1 aliphatic heterocycles. The maximum absolute atomic E-state index is 14.0. The molecule has 216 valence electrons. The number of urea groups is 1. The molecule has 1 aliphatic rings. The Kier molecular flexibility index (Phi) is 12.0. The highest BCUT2D eigenvalue weighted by molar-refractivity contribution is 14.1. The van der Waals surface area contributed by atoms with Crippen molar-refractivity contribution in [3.63, 3.8) is 0 Å². The molecule has 0 bridgehead atoms. The number of rotatable bonds is 13. The van der Waals surface area contributed by atoms with E-state index in [0.29, 0.717) is 26.3 Å².